The molecule has 1 aromatic heterocycles. The Morgan fingerprint density at radius 2 is 2.21 bits per heavy atom. The number of hydrogen-bond donors (Lipinski definition) is 2. The van der Waals surface area contributed by atoms with E-state index < -0.39 is 6.10 Å². The molecule has 3 N–H and O–H groups in total. The number of pyridine rings is 1. The van der Waals surface area contributed by atoms with Crippen molar-refractivity contribution in [3.63, 3.8) is 0 Å². The number of carbonyl (C=O) groups excluding carboxylic acids is 1. The first-order valence-electron chi connectivity index (χ1n) is 6.75. The molecule has 0 unspecified atom stereocenters. The van der Waals surface area contributed by atoms with Crippen LogP contribution >= 0.6 is 0 Å². The van der Waals surface area contributed by atoms with Gasteiger partial charge in [-0.1, -0.05) is 20.3 Å². The monoisotopic (exact) mass is 265 g/mol. The molecule has 5 nitrogen and oxygen atoms in total. The Morgan fingerprint density at radius 1 is 1.47 bits per heavy atom. The van der Waals surface area contributed by atoms with Crippen molar-refractivity contribution >= 4 is 11.6 Å². The van der Waals surface area contributed by atoms with Crippen molar-refractivity contribution in [2.45, 2.75) is 39.2 Å². The third kappa shape index (κ3) is 4.87. The average molecular weight is 265 g/mol. The number of aliphatic hydroxyl groups is 1. The molecule has 1 amide bonds. The molecular formula is C14H23N3O2. The van der Waals surface area contributed by atoms with Gasteiger partial charge in [0.1, 0.15) is 0 Å². The highest BCUT2D eigenvalue weighted by Crippen LogP contribution is 2.18. The van der Waals surface area contributed by atoms with E-state index in [0.717, 1.165) is 25.1 Å². The van der Waals surface area contributed by atoms with Crippen LogP contribution in [0.3, 0.4) is 0 Å². The SMILES string of the molecule is CCCCN(CC(N)=O)c1ccc([C@H](O)CC)nc1. The molecule has 0 saturated heterocycles. The number of aliphatic hydroxyl groups excluding tert-OH is 1. The fourth-order valence-corrected chi connectivity index (χ4v) is 1.83. The van der Waals surface area contributed by atoms with Crippen LogP contribution in [0.25, 0.3) is 0 Å². The Kier molecular flexibility index (Phi) is 6.29. The summed E-state index contributed by atoms with van der Waals surface area (Å²) >= 11 is 0. The van der Waals surface area contributed by atoms with Crippen molar-refractivity contribution in [2.24, 2.45) is 5.73 Å². The highest BCUT2D eigenvalue weighted by atomic mass is 16.3. The normalized spacial score (nSPS) is 12.2. The van der Waals surface area contributed by atoms with Crippen LogP contribution < -0.4 is 10.6 Å². The molecule has 0 fully saturated rings. The van der Waals surface area contributed by atoms with Crippen LogP contribution in [0.4, 0.5) is 5.69 Å². The average Bonchev–Trinajstić information content (AvgIpc) is 2.42. The number of anilines is 1. The number of rotatable bonds is 8. The van der Waals surface area contributed by atoms with Crippen LogP contribution in [0.1, 0.15) is 44.9 Å². The molecule has 0 aliphatic heterocycles. The van der Waals surface area contributed by atoms with E-state index in [1.54, 1.807) is 12.3 Å². The van der Waals surface area contributed by atoms with E-state index in [1.165, 1.54) is 0 Å². The molecule has 0 bridgehead atoms. The third-order valence-corrected chi connectivity index (χ3v) is 2.99. The third-order valence-electron chi connectivity index (χ3n) is 2.99. The summed E-state index contributed by atoms with van der Waals surface area (Å²) in [6.45, 7) is 4.97. The molecule has 106 valence electrons. The molecule has 1 aromatic rings. The molecule has 0 radical (unpaired) electrons. The highest BCUT2D eigenvalue weighted by molar-refractivity contribution is 5.79. The van der Waals surface area contributed by atoms with Gasteiger partial charge in [0.15, 0.2) is 0 Å². The number of carbonyl (C=O) groups is 1. The van der Waals surface area contributed by atoms with Gasteiger partial charge in [0.05, 0.1) is 30.2 Å². The van der Waals surface area contributed by atoms with Gasteiger partial charge in [-0.05, 0) is 25.0 Å². The molecule has 1 heterocycles. The number of unbranched alkanes of at least 4 members (excludes halogenated alkanes) is 1. The lowest BCUT2D eigenvalue weighted by Crippen LogP contribution is -2.34. The van der Waals surface area contributed by atoms with Gasteiger partial charge < -0.3 is 15.7 Å². The van der Waals surface area contributed by atoms with Gasteiger partial charge in [-0.2, -0.15) is 0 Å². The fourth-order valence-electron chi connectivity index (χ4n) is 1.83. The minimum atomic E-state index is -0.533. The fraction of sp³-hybridized carbons (Fsp3) is 0.571. The topological polar surface area (TPSA) is 79.5 Å². The van der Waals surface area contributed by atoms with Gasteiger partial charge in [0.2, 0.25) is 5.91 Å². The van der Waals surface area contributed by atoms with Crippen LogP contribution in [-0.4, -0.2) is 29.1 Å². The van der Waals surface area contributed by atoms with E-state index in [0.29, 0.717) is 12.1 Å². The van der Waals surface area contributed by atoms with Crippen LogP contribution in [0.5, 0.6) is 0 Å². The van der Waals surface area contributed by atoms with Crippen molar-refractivity contribution in [3.8, 4) is 0 Å². The number of nitrogens with zero attached hydrogens (tertiary/aromatic N) is 2. The Morgan fingerprint density at radius 3 is 2.68 bits per heavy atom. The molecule has 0 aliphatic rings. The van der Waals surface area contributed by atoms with E-state index in [1.807, 2.05) is 17.9 Å². The molecule has 0 aromatic carbocycles. The Labute approximate surface area is 114 Å². The number of primary amides is 1. The zero-order chi connectivity index (χ0) is 14.3. The van der Waals surface area contributed by atoms with Crippen molar-refractivity contribution in [3.05, 3.63) is 24.0 Å². The van der Waals surface area contributed by atoms with Crippen LogP contribution in [0.15, 0.2) is 18.3 Å². The zero-order valence-corrected chi connectivity index (χ0v) is 11.7. The van der Waals surface area contributed by atoms with Crippen LogP contribution in [0.2, 0.25) is 0 Å². The highest BCUT2D eigenvalue weighted by Gasteiger charge is 2.11. The first-order valence-corrected chi connectivity index (χ1v) is 6.75. The predicted octanol–water partition coefficient (Wildman–Crippen LogP) is 1.62. The van der Waals surface area contributed by atoms with Gasteiger partial charge in [-0.25, -0.2) is 0 Å². The molecular weight excluding hydrogens is 242 g/mol. The van der Waals surface area contributed by atoms with Gasteiger partial charge >= 0.3 is 0 Å². The van der Waals surface area contributed by atoms with E-state index >= 15 is 0 Å². The number of nitrogens with two attached hydrogens (primary N) is 1. The van der Waals surface area contributed by atoms with E-state index in [9.17, 15) is 9.90 Å². The summed E-state index contributed by atoms with van der Waals surface area (Å²) in [5.74, 6) is -0.353. The maximum absolute atomic E-state index is 11.1. The lowest BCUT2D eigenvalue weighted by atomic mass is 10.2. The van der Waals surface area contributed by atoms with E-state index in [2.05, 4.69) is 11.9 Å². The van der Waals surface area contributed by atoms with Gasteiger partial charge in [0.25, 0.3) is 0 Å². The number of aromatic nitrogens is 1. The standard InChI is InChI=1S/C14H23N3O2/c1-3-5-8-17(10-14(15)19)11-6-7-12(16-9-11)13(18)4-2/h6-7,9,13,18H,3-5,8,10H2,1-2H3,(H2,15,19)/t13-/m1/s1. The van der Waals surface area contributed by atoms with E-state index in [4.69, 9.17) is 5.73 Å². The van der Waals surface area contributed by atoms with Gasteiger partial charge in [-0.15, -0.1) is 0 Å². The molecule has 19 heavy (non-hydrogen) atoms. The minimum absolute atomic E-state index is 0.192. The van der Waals surface area contributed by atoms with Gasteiger partial charge in [0, 0.05) is 6.54 Å². The lowest BCUT2D eigenvalue weighted by Gasteiger charge is -2.23. The number of amides is 1. The summed E-state index contributed by atoms with van der Waals surface area (Å²) < 4.78 is 0. The first kappa shape index (κ1) is 15.4. The van der Waals surface area contributed by atoms with Crippen molar-refractivity contribution < 1.29 is 9.90 Å². The number of hydrogen-bond acceptors (Lipinski definition) is 4. The molecule has 5 heteroatoms. The van der Waals surface area contributed by atoms with Crippen molar-refractivity contribution in [1.82, 2.24) is 4.98 Å². The predicted molar refractivity (Wildman–Crippen MR) is 75.8 cm³/mol. The second kappa shape index (κ2) is 7.74. The summed E-state index contributed by atoms with van der Waals surface area (Å²) in [6.07, 6.45) is 3.83. The summed E-state index contributed by atoms with van der Waals surface area (Å²) in [7, 11) is 0. The minimum Gasteiger partial charge on any atom is -0.387 e. The molecule has 0 aliphatic carbocycles. The Hall–Kier alpha value is -1.62. The maximum atomic E-state index is 11.1. The maximum Gasteiger partial charge on any atom is 0.236 e. The second-order valence-electron chi connectivity index (χ2n) is 4.61. The van der Waals surface area contributed by atoms with Crippen molar-refractivity contribution in [2.75, 3.05) is 18.0 Å². The van der Waals surface area contributed by atoms with Crippen LogP contribution in [0, 0.1) is 0 Å². The molecule has 1 rings (SSSR count). The van der Waals surface area contributed by atoms with E-state index in [-0.39, 0.29) is 12.5 Å². The Balaban J connectivity index is 2.80. The van der Waals surface area contributed by atoms with Gasteiger partial charge in [-0.3, -0.25) is 9.78 Å². The Bertz CT molecular complexity index is 392. The lowest BCUT2D eigenvalue weighted by molar-refractivity contribution is -0.116. The quantitative estimate of drug-likeness (QED) is 0.748. The first-order chi connectivity index (χ1) is 9.08. The van der Waals surface area contributed by atoms with Crippen molar-refractivity contribution in [1.29, 1.82) is 0 Å². The summed E-state index contributed by atoms with van der Waals surface area (Å²) in [6, 6.07) is 3.67. The zero-order valence-electron chi connectivity index (χ0n) is 11.7. The van der Waals surface area contributed by atoms with Crippen LogP contribution in [-0.2, 0) is 4.79 Å². The summed E-state index contributed by atoms with van der Waals surface area (Å²) in [4.78, 5) is 17.2. The summed E-state index contributed by atoms with van der Waals surface area (Å²) in [5.41, 5.74) is 6.78. The molecule has 0 saturated carbocycles. The summed E-state index contributed by atoms with van der Waals surface area (Å²) in [5, 5.41) is 9.70. The smallest absolute Gasteiger partial charge is 0.236 e. The molecule has 0 spiro atoms. The molecule has 1 atom stereocenters. The largest absolute Gasteiger partial charge is 0.387 e. The second-order valence-corrected chi connectivity index (χ2v) is 4.61.